The van der Waals surface area contributed by atoms with Crippen LogP contribution in [-0.4, -0.2) is 30.4 Å². The molecule has 4 heteroatoms. The Morgan fingerprint density at radius 2 is 1.55 bits per heavy atom. The van der Waals surface area contributed by atoms with E-state index >= 15 is 0 Å². The summed E-state index contributed by atoms with van der Waals surface area (Å²) in [5, 5.41) is 10.5. The van der Waals surface area contributed by atoms with Crippen LogP contribution in [0.1, 0.15) is 6.42 Å². The van der Waals surface area contributed by atoms with E-state index in [1.807, 2.05) is 11.8 Å². The first-order valence-electron chi connectivity index (χ1n) is 6.79. The molecular weight excluding hydrogens is 268 g/mol. The Balaban J connectivity index is 1.91. The molecule has 3 nitrogen and oxygen atoms in total. The van der Waals surface area contributed by atoms with Gasteiger partial charge in [0.25, 0.3) is 0 Å². The molecule has 2 aromatic rings. The minimum Gasteiger partial charge on any atom is -0.340 e. The van der Waals surface area contributed by atoms with Crippen molar-refractivity contribution in [1.82, 2.24) is 5.06 Å². The number of hydroxylamine groups is 2. The lowest BCUT2D eigenvalue weighted by atomic mass is 10.2. The summed E-state index contributed by atoms with van der Waals surface area (Å²) < 4.78 is 0. The van der Waals surface area contributed by atoms with Crippen molar-refractivity contribution in [2.75, 3.05) is 25.0 Å². The highest BCUT2D eigenvalue weighted by Gasteiger charge is 2.22. The van der Waals surface area contributed by atoms with Crippen LogP contribution in [0, 0.1) is 0 Å². The number of para-hydroxylation sites is 2. The van der Waals surface area contributed by atoms with E-state index in [1.165, 1.54) is 26.2 Å². The molecule has 0 fully saturated rings. The fourth-order valence-corrected chi connectivity index (χ4v) is 3.58. The lowest BCUT2D eigenvalue weighted by Gasteiger charge is -2.33. The van der Waals surface area contributed by atoms with E-state index in [9.17, 15) is 5.21 Å². The summed E-state index contributed by atoms with van der Waals surface area (Å²) in [5.74, 6) is 0. The van der Waals surface area contributed by atoms with Crippen molar-refractivity contribution >= 4 is 23.1 Å². The molecule has 0 aromatic heterocycles. The number of benzene rings is 2. The first kappa shape index (κ1) is 13.5. The van der Waals surface area contributed by atoms with Gasteiger partial charge in [-0.15, -0.1) is 0 Å². The van der Waals surface area contributed by atoms with E-state index in [0.29, 0.717) is 6.54 Å². The molecule has 20 heavy (non-hydrogen) atoms. The van der Waals surface area contributed by atoms with Crippen LogP contribution in [0.15, 0.2) is 58.3 Å². The van der Waals surface area contributed by atoms with Crippen LogP contribution in [0.2, 0.25) is 0 Å². The Labute approximate surface area is 123 Å². The molecule has 0 radical (unpaired) electrons. The SMILES string of the molecule is CN(O)CCCN1c2ccccc2Sc2ccccc21. The number of hydrogen-bond donors (Lipinski definition) is 1. The number of fused-ring (bicyclic) bond motifs is 2. The second kappa shape index (κ2) is 5.87. The number of rotatable bonds is 4. The molecule has 1 N–H and O–H groups in total. The molecule has 0 amide bonds. The summed E-state index contributed by atoms with van der Waals surface area (Å²) in [4.78, 5) is 4.94. The van der Waals surface area contributed by atoms with E-state index in [2.05, 4.69) is 53.4 Å². The molecule has 104 valence electrons. The van der Waals surface area contributed by atoms with Crippen LogP contribution in [0.4, 0.5) is 11.4 Å². The van der Waals surface area contributed by atoms with Crippen molar-refractivity contribution in [2.24, 2.45) is 0 Å². The third-order valence-corrected chi connectivity index (χ3v) is 4.53. The van der Waals surface area contributed by atoms with Gasteiger partial charge in [0.15, 0.2) is 0 Å². The summed E-state index contributed by atoms with van der Waals surface area (Å²) in [7, 11) is 1.69. The second-order valence-electron chi connectivity index (χ2n) is 4.92. The van der Waals surface area contributed by atoms with Crippen LogP contribution < -0.4 is 4.90 Å². The van der Waals surface area contributed by atoms with Crippen LogP contribution in [0.3, 0.4) is 0 Å². The van der Waals surface area contributed by atoms with Crippen LogP contribution in [0.25, 0.3) is 0 Å². The maximum absolute atomic E-state index is 9.28. The number of anilines is 2. The summed E-state index contributed by atoms with van der Waals surface area (Å²) in [6, 6.07) is 17.0. The summed E-state index contributed by atoms with van der Waals surface area (Å²) in [6.07, 6.45) is 0.917. The lowest BCUT2D eigenvalue weighted by molar-refractivity contribution is -0.0646. The summed E-state index contributed by atoms with van der Waals surface area (Å²) in [6.45, 7) is 1.58. The van der Waals surface area contributed by atoms with Gasteiger partial charge in [0.2, 0.25) is 0 Å². The molecular formula is C16H18N2OS. The summed E-state index contributed by atoms with van der Waals surface area (Å²) in [5.41, 5.74) is 2.52. The van der Waals surface area contributed by atoms with E-state index in [1.54, 1.807) is 7.05 Å². The highest BCUT2D eigenvalue weighted by atomic mass is 32.2. The first-order chi connectivity index (χ1) is 9.75. The van der Waals surface area contributed by atoms with Gasteiger partial charge in [-0.05, 0) is 30.7 Å². The van der Waals surface area contributed by atoms with Gasteiger partial charge in [-0.2, -0.15) is 5.06 Å². The van der Waals surface area contributed by atoms with Gasteiger partial charge in [-0.3, -0.25) is 0 Å². The molecule has 2 aromatic carbocycles. The Bertz CT molecular complexity index is 555. The standard InChI is InChI=1S/C16H18N2OS/c1-17(19)11-6-12-18-13-7-2-4-9-15(13)20-16-10-5-3-8-14(16)18/h2-5,7-10,19H,6,11-12H2,1H3. The molecule has 0 atom stereocenters. The van der Waals surface area contributed by atoms with Crippen LogP contribution >= 0.6 is 11.8 Å². The Hall–Kier alpha value is -1.49. The van der Waals surface area contributed by atoms with Gasteiger partial charge in [0.1, 0.15) is 0 Å². The van der Waals surface area contributed by atoms with E-state index < -0.39 is 0 Å². The van der Waals surface area contributed by atoms with Gasteiger partial charge >= 0.3 is 0 Å². The molecule has 1 heterocycles. The van der Waals surface area contributed by atoms with Crippen LogP contribution in [-0.2, 0) is 0 Å². The molecule has 0 unspecified atom stereocenters. The van der Waals surface area contributed by atoms with E-state index in [-0.39, 0.29) is 0 Å². The third-order valence-electron chi connectivity index (χ3n) is 3.40. The minimum absolute atomic E-state index is 0.675. The molecule has 0 aliphatic carbocycles. The van der Waals surface area contributed by atoms with Crippen molar-refractivity contribution in [2.45, 2.75) is 16.2 Å². The van der Waals surface area contributed by atoms with Gasteiger partial charge in [0, 0.05) is 29.9 Å². The van der Waals surface area contributed by atoms with Gasteiger partial charge in [-0.1, -0.05) is 36.0 Å². The van der Waals surface area contributed by atoms with Crippen LogP contribution in [0.5, 0.6) is 0 Å². The largest absolute Gasteiger partial charge is 0.340 e. The van der Waals surface area contributed by atoms with E-state index in [0.717, 1.165) is 13.0 Å². The predicted octanol–water partition coefficient (Wildman–Crippen LogP) is 4.00. The van der Waals surface area contributed by atoms with Crippen molar-refractivity contribution < 1.29 is 5.21 Å². The van der Waals surface area contributed by atoms with Crippen molar-refractivity contribution in [1.29, 1.82) is 0 Å². The normalized spacial score (nSPS) is 13.2. The second-order valence-corrected chi connectivity index (χ2v) is 6.01. The Kier molecular flexibility index (Phi) is 3.96. The zero-order valence-corrected chi connectivity index (χ0v) is 12.3. The zero-order chi connectivity index (χ0) is 13.9. The molecule has 0 spiro atoms. The maximum Gasteiger partial charge on any atom is 0.0552 e. The average molecular weight is 286 g/mol. The van der Waals surface area contributed by atoms with Crippen molar-refractivity contribution in [3.05, 3.63) is 48.5 Å². The molecule has 1 aliphatic rings. The minimum atomic E-state index is 0.675. The predicted molar refractivity (Wildman–Crippen MR) is 83.0 cm³/mol. The number of hydrogen-bond acceptors (Lipinski definition) is 4. The molecule has 1 aliphatic heterocycles. The Morgan fingerprint density at radius 3 is 2.10 bits per heavy atom. The van der Waals surface area contributed by atoms with E-state index in [4.69, 9.17) is 0 Å². The first-order valence-corrected chi connectivity index (χ1v) is 7.61. The topological polar surface area (TPSA) is 26.7 Å². The highest BCUT2D eigenvalue weighted by Crippen LogP contribution is 2.47. The van der Waals surface area contributed by atoms with Gasteiger partial charge < -0.3 is 10.1 Å². The monoisotopic (exact) mass is 286 g/mol. The smallest absolute Gasteiger partial charge is 0.0552 e. The fourth-order valence-electron chi connectivity index (χ4n) is 2.48. The van der Waals surface area contributed by atoms with Gasteiger partial charge in [0.05, 0.1) is 11.4 Å². The highest BCUT2D eigenvalue weighted by molar-refractivity contribution is 7.99. The third kappa shape index (κ3) is 2.68. The zero-order valence-electron chi connectivity index (χ0n) is 11.5. The van der Waals surface area contributed by atoms with Crippen molar-refractivity contribution in [3.8, 4) is 0 Å². The maximum atomic E-state index is 9.28. The lowest BCUT2D eigenvalue weighted by Crippen LogP contribution is -2.25. The molecule has 0 saturated heterocycles. The fraction of sp³-hybridized carbons (Fsp3) is 0.250. The van der Waals surface area contributed by atoms with Gasteiger partial charge in [-0.25, -0.2) is 0 Å². The van der Waals surface area contributed by atoms with Crippen molar-refractivity contribution in [3.63, 3.8) is 0 Å². The average Bonchev–Trinajstić information content (AvgIpc) is 2.46. The molecule has 3 rings (SSSR count). The molecule has 0 bridgehead atoms. The summed E-state index contributed by atoms with van der Waals surface area (Å²) >= 11 is 1.82. The Morgan fingerprint density at radius 1 is 1.00 bits per heavy atom. The quantitative estimate of drug-likeness (QED) is 0.859. The number of nitrogens with zero attached hydrogens (tertiary/aromatic N) is 2. The molecule has 0 saturated carbocycles.